The van der Waals surface area contributed by atoms with Gasteiger partial charge in [-0.25, -0.2) is 0 Å². The largest absolute Gasteiger partial charge is 0.494 e. The summed E-state index contributed by atoms with van der Waals surface area (Å²) in [5.41, 5.74) is 1.44. The fourth-order valence-corrected chi connectivity index (χ4v) is 3.35. The summed E-state index contributed by atoms with van der Waals surface area (Å²) in [7, 11) is 1.48. The van der Waals surface area contributed by atoms with Crippen molar-refractivity contribution in [1.29, 1.82) is 0 Å². The highest BCUT2D eigenvalue weighted by Crippen LogP contribution is 2.28. The van der Waals surface area contributed by atoms with Gasteiger partial charge in [-0.1, -0.05) is 25.5 Å². The number of ether oxygens (including phenoxy) is 1. The Kier molecular flexibility index (Phi) is 8.52. The molecule has 0 radical (unpaired) electrons. The van der Waals surface area contributed by atoms with Gasteiger partial charge in [0.1, 0.15) is 11.5 Å². The maximum atomic E-state index is 12.5. The van der Waals surface area contributed by atoms with Crippen LogP contribution in [-0.4, -0.2) is 29.0 Å². The third-order valence-corrected chi connectivity index (χ3v) is 5.09. The highest BCUT2D eigenvalue weighted by molar-refractivity contribution is 7.80. The molecule has 10 nitrogen and oxygen atoms in total. The number of furan rings is 1. The van der Waals surface area contributed by atoms with Crippen molar-refractivity contribution in [2.45, 2.75) is 26.2 Å². The minimum absolute atomic E-state index is 0.0154. The van der Waals surface area contributed by atoms with Crippen LogP contribution in [0.1, 0.15) is 36.7 Å². The molecular weight excluding hydrogens is 472 g/mol. The lowest BCUT2D eigenvalue weighted by atomic mass is 10.1. The van der Waals surface area contributed by atoms with Crippen molar-refractivity contribution in [1.82, 2.24) is 5.32 Å². The zero-order valence-corrected chi connectivity index (χ0v) is 19.9. The number of methoxy groups -OCH3 is 1. The summed E-state index contributed by atoms with van der Waals surface area (Å²) >= 11 is 5.22. The average Bonchev–Trinajstić information content (AvgIpc) is 3.34. The molecule has 0 aliphatic heterocycles. The zero-order chi connectivity index (χ0) is 25.4. The molecule has 1 heterocycles. The molecule has 0 fully saturated rings. The van der Waals surface area contributed by atoms with E-state index in [1.54, 1.807) is 30.3 Å². The second kappa shape index (κ2) is 11.7. The van der Waals surface area contributed by atoms with Crippen LogP contribution < -0.4 is 20.7 Å². The lowest BCUT2D eigenvalue weighted by Gasteiger charge is -2.13. The van der Waals surface area contributed by atoms with Gasteiger partial charge >= 0.3 is 0 Å². The second-order valence-electron chi connectivity index (χ2n) is 7.45. The van der Waals surface area contributed by atoms with Crippen molar-refractivity contribution in [3.05, 3.63) is 70.5 Å². The summed E-state index contributed by atoms with van der Waals surface area (Å²) in [6, 6.07) is 13.9. The monoisotopic (exact) mass is 496 g/mol. The average molecular weight is 497 g/mol. The maximum Gasteiger partial charge on any atom is 0.293 e. The van der Waals surface area contributed by atoms with Crippen molar-refractivity contribution < 1.29 is 23.7 Å². The number of carbonyl (C=O) groups is 2. The summed E-state index contributed by atoms with van der Waals surface area (Å²) in [5.74, 6) is 0.0292. The van der Waals surface area contributed by atoms with Gasteiger partial charge in [0, 0.05) is 35.9 Å². The lowest BCUT2D eigenvalue weighted by molar-refractivity contribution is -0.384. The summed E-state index contributed by atoms with van der Waals surface area (Å²) in [6.45, 7) is 2.01. The molecule has 0 aliphatic carbocycles. The number of anilines is 2. The van der Waals surface area contributed by atoms with Gasteiger partial charge in [-0.2, -0.15) is 0 Å². The van der Waals surface area contributed by atoms with E-state index >= 15 is 0 Å². The number of amides is 2. The van der Waals surface area contributed by atoms with E-state index in [1.165, 1.54) is 31.4 Å². The van der Waals surface area contributed by atoms with Crippen molar-refractivity contribution in [2.75, 3.05) is 17.7 Å². The first-order chi connectivity index (χ1) is 16.8. The molecule has 1 aromatic heterocycles. The number of hydrogen-bond acceptors (Lipinski definition) is 7. The van der Waals surface area contributed by atoms with Gasteiger partial charge in [-0.05, 0) is 42.9 Å². The van der Waals surface area contributed by atoms with Crippen LogP contribution in [0.5, 0.6) is 5.75 Å². The normalized spacial score (nSPS) is 10.3. The predicted molar refractivity (Wildman–Crippen MR) is 136 cm³/mol. The van der Waals surface area contributed by atoms with Crippen LogP contribution in [0.25, 0.3) is 11.3 Å². The molecule has 0 unspecified atom stereocenters. The van der Waals surface area contributed by atoms with Gasteiger partial charge < -0.3 is 19.8 Å². The van der Waals surface area contributed by atoms with Crippen molar-refractivity contribution in [3.8, 4) is 17.1 Å². The predicted octanol–water partition coefficient (Wildman–Crippen LogP) is 5.12. The van der Waals surface area contributed by atoms with E-state index in [1.807, 2.05) is 6.92 Å². The summed E-state index contributed by atoms with van der Waals surface area (Å²) in [6.07, 6.45) is 2.14. The number of nitro benzene ring substituents is 1. The third kappa shape index (κ3) is 6.87. The number of carbonyl (C=O) groups excluding carboxylic acids is 2. The van der Waals surface area contributed by atoms with E-state index in [-0.39, 0.29) is 22.5 Å². The molecule has 0 spiro atoms. The smallest absolute Gasteiger partial charge is 0.293 e. The Hall–Kier alpha value is -4.25. The van der Waals surface area contributed by atoms with Crippen LogP contribution >= 0.6 is 12.2 Å². The molecule has 35 heavy (non-hydrogen) atoms. The number of nitrogens with zero attached hydrogens (tertiary/aromatic N) is 1. The molecule has 3 aromatic rings. The van der Waals surface area contributed by atoms with E-state index < -0.39 is 10.8 Å². The first-order valence-electron chi connectivity index (χ1n) is 10.8. The maximum absolute atomic E-state index is 12.5. The third-order valence-electron chi connectivity index (χ3n) is 4.89. The van der Waals surface area contributed by atoms with Crippen LogP contribution in [0.2, 0.25) is 0 Å². The number of hydrogen-bond donors (Lipinski definition) is 3. The van der Waals surface area contributed by atoms with Gasteiger partial charge in [-0.3, -0.25) is 25.0 Å². The highest BCUT2D eigenvalue weighted by atomic mass is 32.1. The van der Waals surface area contributed by atoms with Gasteiger partial charge in [0.25, 0.3) is 11.6 Å². The van der Waals surface area contributed by atoms with E-state index in [2.05, 4.69) is 16.0 Å². The Bertz CT molecular complexity index is 1260. The Balaban J connectivity index is 1.62. The minimum Gasteiger partial charge on any atom is -0.494 e. The molecular formula is C24H24N4O6S. The van der Waals surface area contributed by atoms with Gasteiger partial charge in [0.15, 0.2) is 10.9 Å². The summed E-state index contributed by atoms with van der Waals surface area (Å²) in [5, 5.41) is 19.2. The number of thiocarbonyl (C=S) groups is 1. The summed E-state index contributed by atoms with van der Waals surface area (Å²) < 4.78 is 10.9. The van der Waals surface area contributed by atoms with Crippen LogP contribution in [0.15, 0.2) is 59.0 Å². The van der Waals surface area contributed by atoms with E-state index in [4.69, 9.17) is 21.4 Å². The second-order valence-corrected chi connectivity index (χ2v) is 7.85. The molecule has 0 aliphatic rings. The number of rotatable bonds is 9. The number of nitro groups is 1. The molecule has 11 heteroatoms. The molecule has 0 saturated carbocycles. The van der Waals surface area contributed by atoms with Crippen LogP contribution in [0.3, 0.4) is 0 Å². The molecule has 182 valence electrons. The quantitative estimate of drug-likeness (QED) is 0.211. The number of nitrogens with one attached hydrogen (secondary N) is 3. The number of benzene rings is 2. The number of unbranched alkanes of at least 4 members (excludes halogenated alkanes) is 1. The highest BCUT2D eigenvalue weighted by Gasteiger charge is 2.16. The Morgan fingerprint density at radius 1 is 1.11 bits per heavy atom. The Morgan fingerprint density at radius 3 is 2.63 bits per heavy atom. The Morgan fingerprint density at radius 2 is 1.91 bits per heavy atom. The molecule has 0 bridgehead atoms. The lowest BCUT2D eigenvalue weighted by Crippen LogP contribution is -2.33. The van der Waals surface area contributed by atoms with Crippen LogP contribution in [-0.2, 0) is 4.79 Å². The van der Waals surface area contributed by atoms with Crippen molar-refractivity contribution in [3.63, 3.8) is 0 Å². The zero-order valence-electron chi connectivity index (χ0n) is 19.1. The van der Waals surface area contributed by atoms with Gasteiger partial charge in [0.05, 0.1) is 17.7 Å². The Labute approximate surface area is 206 Å². The van der Waals surface area contributed by atoms with E-state index in [9.17, 15) is 19.7 Å². The minimum atomic E-state index is -0.592. The van der Waals surface area contributed by atoms with Crippen molar-refractivity contribution in [2.24, 2.45) is 0 Å². The standard InChI is InChI=1S/C24H24N4O6S/c1-3-4-8-22(29)26-18-10-9-16(14-21(18)33-2)25-24(35)27-23(30)20-12-11-19(34-20)15-6-5-7-17(13-15)28(31)32/h5-7,9-14H,3-4,8H2,1-2H3,(H,26,29)(H2,25,27,30,35). The summed E-state index contributed by atoms with van der Waals surface area (Å²) in [4.78, 5) is 35.0. The van der Waals surface area contributed by atoms with E-state index in [0.717, 1.165) is 12.8 Å². The first-order valence-corrected chi connectivity index (χ1v) is 11.2. The van der Waals surface area contributed by atoms with Gasteiger partial charge in [-0.15, -0.1) is 0 Å². The van der Waals surface area contributed by atoms with Crippen LogP contribution in [0.4, 0.5) is 17.1 Å². The van der Waals surface area contributed by atoms with Gasteiger partial charge in [0.2, 0.25) is 5.91 Å². The fourth-order valence-electron chi connectivity index (χ4n) is 3.14. The fraction of sp³-hybridized carbons (Fsp3) is 0.208. The molecule has 2 aromatic carbocycles. The van der Waals surface area contributed by atoms with Crippen molar-refractivity contribution >= 4 is 46.2 Å². The molecule has 2 amide bonds. The topological polar surface area (TPSA) is 136 Å². The molecule has 3 N–H and O–H groups in total. The number of non-ortho nitro benzene ring substituents is 1. The van der Waals surface area contributed by atoms with E-state index in [0.29, 0.717) is 34.9 Å². The first kappa shape index (κ1) is 25.4. The molecule has 3 rings (SSSR count). The van der Waals surface area contributed by atoms with Crippen LogP contribution in [0, 0.1) is 10.1 Å². The SMILES string of the molecule is CCCCC(=O)Nc1ccc(NC(=S)NC(=O)c2ccc(-c3cccc([N+](=O)[O-])c3)o2)cc1OC. The molecule has 0 atom stereocenters. The molecule has 0 saturated heterocycles.